The third kappa shape index (κ3) is 4.15. The van der Waals surface area contributed by atoms with Crippen LogP contribution in [0.1, 0.15) is 12.5 Å². The molecule has 0 bridgehead atoms. The molecule has 0 radical (unpaired) electrons. The molecule has 7 nitrogen and oxygen atoms in total. The summed E-state index contributed by atoms with van der Waals surface area (Å²) in [7, 11) is 0. The van der Waals surface area contributed by atoms with Gasteiger partial charge in [-0.1, -0.05) is 0 Å². The van der Waals surface area contributed by atoms with Crippen LogP contribution in [0.25, 0.3) is 33.5 Å². The van der Waals surface area contributed by atoms with Crippen molar-refractivity contribution >= 4 is 10.9 Å². The summed E-state index contributed by atoms with van der Waals surface area (Å²) in [5.74, 6) is 0. The molecule has 0 spiro atoms. The van der Waals surface area contributed by atoms with Crippen molar-refractivity contribution in [1.29, 1.82) is 0 Å². The van der Waals surface area contributed by atoms with Gasteiger partial charge in [-0.05, 0) is 37.3 Å². The summed E-state index contributed by atoms with van der Waals surface area (Å²) in [4.78, 5) is 29.8. The number of rotatable bonds is 4. The Morgan fingerprint density at radius 3 is 2.55 bits per heavy atom. The highest BCUT2D eigenvalue weighted by Gasteiger charge is 2.30. The SMILES string of the molecule is C[C@H](O)Cn1cnc2c(-c3cccnc3)nc(-c3ccc(C(F)(F)F)cn3)cc2c1=O. The second-order valence-electron chi connectivity index (χ2n) is 6.97. The average molecular weight is 427 g/mol. The van der Waals surface area contributed by atoms with E-state index in [1.807, 2.05) is 0 Å². The molecule has 0 aliphatic rings. The molecule has 4 aromatic heterocycles. The van der Waals surface area contributed by atoms with E-state index in [1.165, 1.54) is 23.0 Å². The average Bonchev–Trinajstić information content (AvgIpc) is 2.75. The first-order valence-electron chi connectivity index (χ1n) is 9.26. The molecule has 4 heterocycles. The molecule has 158 valence electrons. The number of hydrogen-bond acceptors (Lipinski definition) is 6. The van der Waals surface area contributed by atoms with Crippen molar-refractivity contribution in [2.45, 2.75) is 25.7 Å². The molecule has 4 aromatic rings. The van der Waals surface area contributed by atoms with Gasteiger partial charge in [-0.25, -0.2) is 9.97 Å². The lowest BCUT2D eigenvalue weighted by molar-refractivity contribution is -0.137. The molecule has 1 atom stereocenters. The van der Waals surface area contributed by atoms with E-state index < -0.39 is 23.4 Å². The van der Waals surface area contributed by atoms with Crippen molar-refractivity contribution in [2.24, 2.45) is 0 Å². The highest BCUT2D eigenvalue weighted by Crippen LogP contribution is 2.31. The van der Waals surface area contributed by atoms with Crippen molar-refractivity contribution in [1.82, 2.24) is 24.5 Å². The van der Waals surface area contributed by atoms with Crippen LogP contribution in [0, 0.1) is 0 Å². The molecule has 0 aliphatic carbocycles. The molecule has 0 saturated carbocycles. The molecule has 31 heavy (non-hydrogen) atoms. The van der Waals surface area contributed by atoms with Gasteiger partial charge in [-0.2, -0.15) is 13.2 Å². The molecule has 0 aromatic carbocycles. The zero-order valence-corrected chi connectivity index (χ0v) is 16.2. The molecular formula is C21H16F3N5O2. The lowest BCUT2D eigenvalue weighted by Crippen LogP contribution is -2.25. The van der Waals surface area contributed by atoms with Crippen molar-refractivity contribution in [3.63, 3.8) is 0 Å². The maximum absolute atomic E-state index is 13.0. The molecular weight excluding hydrogens is 411 g/mol. The third-order valence-electron chi connectivity index (χ3n) is 4.56. The fourth-order valence-corrected chi connectivity index (χ4v) is 3.13. The summed E-state index contributed by atoms with van der Waals surface area (Å²) in [6.45, 7) is 1.59. The fraction of sp³-hybridized carbons (Fsp3) is 0.190. The number of halogens is 3. The van der Waals surface area contributed by atoms with Crippen LogP contribution in [0.4, 0.5) is 13.2 Å². The first-order chi connectivity index (χ1) is 14.7. The Bertz CT molecular complexity index is 1290. The number of pyridine rings is 3. The van der Waals surface area contributed by atoms with Crippen LogP contribution in [0.5, 0.6) is 0 Å². The summed E-state index contributed by atoms with van der Waals surface area (Å²) in [6, 6.07) is 6.99. The Morgan fingerprint density at radius 1 is 1.13 bits per heavy atom. The highest BCUT2D eigenvalue weighted by molar-refractivity contribution is 5.93. The molecule has 0 unspecified atom stereocenters. The van der Waals surface area contributed by atoms with Crippen molar-refractivity contribution in [3.05, 3.63) is 71.2 Å². The Hall–Kier alpha value is -3.66. The molecule has 10 heteroatoms. The van der Waals surface area contributed by atoms with E-state index in [1.54, 1.807) is 31.5 Å². The highest BCUT2D eigenvalue weighted by atomic mass is 19.4. The largest absolute Gasteiger partial charge is 0.417 e. The number of nitrogens with zero attached hydrogens (tertiary/aromatic N) is 5. The standard InChI is InChI=1S/C21H16F3N5O2/c1-12(30)10-29-11-27-19-15(20(29)31)7-17(28-18(19)13-3-2-6-25-8-13)16-5-4-14(9-26-16)21(22,23)24/h2-9,11-12,30H,10H2,1H3/t12-/m0/s1. The molecule has 0 aliphatic heterocycles. The van der Waals surface area contributed by atoms with Crippen molar-refractivity contribution in [3.8, 4) is 22.6 Å². The van der Waals surface area contributed by atoms with E-state index >= 15 is 0 Å². The Morgan fingerprint density at radius 2 is 1.94 bits per heavy atom. The van der Waals surface area contributed by atoms with Crippen LogP contribution < -0.4 is 5.56 Å². The lowest BCUT2D eigenvalue weighted by Gasteiger charge is -2.12. The van der Waals surface area contributed by atoms with Gasteiger partial charge in [0.25, 0.3) is 5.56 Å². The third-order valence-corrected chi connectivity index (χ3v) is 4.56. The van der Waals surface area contributed by atoms with Crippen LogP contribution in [0.3, 0.4) is 0 Å². The number of alkyl halides is 3. The van der Waals surface area contributed by atoms with E-state index in [4.69, 9.17) is 0 Å². The van der Waals surface area contributed by atoms with Crippen LogP contribution in [-0.4, -0.2) is 35.7 Å². The minimum atomic E-state index is -4.51. The first-order valence-corrected chi connectivity index (χ1v) is 9.26. The van der Waals surface area contributed by atoms with E-state index in [0.29, 0.717) is 16.8 Å². The van der Waals surface area contributed by atoms with Crippen LogP contribution >= 0.6 is 0 Å². The summed E-state index contributed by atoms with van der Waals surface area (Å²) < 4.78 is 39.9. The quantitative estimate of drug-likeness (QED) is 0.537. The van der Waals surface area contributed by atoms with E-state index in [-0.39, 0.29) is 23.3 Å². The van der Waals surface area contributed by atoms with E-state index in [0.717, 1.165) is 12.3 Å². The first kappa shape index (κ1) is 20.6. The maximum atomic E-state index is 13.0. The number of aliphatic hydroxyl groups is 1. The van der Waals surface area contributed by atoms with E-state index in [9.17, 15) is 23.1 Å². The Labute approximate surface area is 173 Å². The minimum Gasteiger partial charge on any atom is -0.392 e. The zero-order valence-electron chi connectivity index (χ0n) is 16.2. The van der Waals surface area contributed by atoms with Crippen LogP contribution in [-0.2, 0) is 12.7 Å². The minimum absolute atomic E-state index is 0.0419. The van der Waals surface area contributed by atoms with Gasteiger partial charge in [0.15, 0.2) is 0 Å². The molecule has 0 amide bonds. The van der Waals surface area contributed by atoms with Crippen LogP contribution in [0.2, 0.25) is 0 Å². The Kier molecular flexibility index (Phi) is 5.24. The molecule has 0 saturated heterocycles. The van der Waals surface area contributed by atoms with E-state index in [2.05, 4.69) is 19.9 Å². The van der Waals surface area contributed by atoms with Crippen molar-refractivity contribution < 1.29 is 18.3 Å². The zero-order chi connectivity index (χ0) is 22.2. The Balaban J connectivity index is 1.95. The second-order valence-corrected chi connectivity index (χ2v) is 6.97. The number of aromatic nitrogens is 5. The predicted molar refractivity (Wildman–Crippen MR) is 107 cm³/mol. The topological polar surface area (TPSA) is 93.8 Å². The van der Waals surface area contributed by atoms with Crippen LogP contribution in [0.15, 0.2) is 60.0 Å². The number of hydrogen-bond donors (Lipinski definition) is 1. The maximum Gasteiger partial charge on any atom is 0.417 e. The monoisotopic (exact) mass is 427 g/mol. The van der Waals surface area contributed by atoms with Crippen molar-refractivity contribution in [2.75, 3.05) is 0 Å². The van der Waals surface area contributed by atoms with Gasteiger partial charge < -0.3 is 5.11 Å². The van der Waals surface area contributed by atoms with Gasteiger partial charge in [0.1, 0.15) is 5.52 Å². The van der Waals surface area contributed by atoms with Gasteiger partial charge in [-0.3, -0.25) is 19.3 Å². The molecule has 0 fully saturated rings. The number of fused-ring (bicyclic) bond motifs is 1. The second kappa shape index (κ2) is 7.88. The summed E-state index contributed by atoms with van der Waals surface area (Å²) in [5, 5.41) is 9.85. The summed E-state index contributed by atoms with van der Waals surface area (Å²) in [6.07, 6.45) is -0.103. The van der Waals surface area contributed by atoms with Gasteiger partial charge in [0, 0.05) is 24.2 Å². The van der Waals surface area contributed by atoms with Gasteiger partial charge >= 0.3 is 6.18 Å². The number of aliphatic hydroxyl groups excluding tert-OH is 1. The molecule has 4 rings (SSSR count). The van der Waals surface area contributed by atoms with Gasteiger partial charge in [0.05, 0.1) is 47.0 Å². The molecule has 1 N–H and O–H groups in total. The summed E-state index contributed by atoms with van der Waals surface area (Å²) in [5.41, 5.74) is 0.344. The normalized spacial score (nSPS) is 12.8. The fourth-order valence-electron chi connectivity index (χ4n) is 3.13. The van der Waals surface area contributed by atoms with Gasteiger partial charge in [0.2, 0.25) is 0 Å². The van der Waals surface area contributed by atoms with Gasteiger partial charge in [-0.15, -0.1) is 0 Å². The lowest BCUT2D eigenvalue weighted by atomic mass is 10.1. The predicted octanol–water partition coefficient (Wildman–Crippen LogP) is 3.32. The smallest absolute Gasteiger partial charge is 0.392 e. The summed E-state index contributed by atoms with van der Waals surface area (Å²) >= 11 is 0.